The van der Waals surface area contributed by atoms with Gasteiger partial charge in [0, 0.05) is 37.9 Å². The van der Waals surface area contributed by atoms with Crippen LogP contribution in [0.1, 0.15) is 18.4 Å². The van der Waals surface area contributed by atoms with Crippen molar-refractivity contribution in [2.75, 3.05) is 38.7 Å². The highest BCUT2D eigenvalue weighted by atomic mass is 32.2. The number of hydrogen-bond donors (Lipinski definition) is 0. The van der Waals surface area contributed by atoms with Gasteiger partial charge in [-0.1, -0.05) is 0 Å². The molecule has 1 aromatic rings. The lowest BCUT2D eigenvalue weighted by atomic mass is 10.1. The van der Waals surface area contributed by atoms with E-state index in [1.165, 1.54) is 6.33 Å². The number of aryl methyl sites for hydroxylation is 1. The summed E-state index contributed by atoms with van der Waals surface area (Å²) in [6.45, 7) is 1.27. The molecule has 1 aliphatic heterocycles. The highest BCUT2D eigenvalue weighted by Crippen LogP contribution is 2.19. The Labute approximate surface area is 137 Å². The normalized spacial score (nSPS) is 19.9. The van der Waals surface area contributed by atoms with E-state index in [1.54, 1.807) is 17.3 Å². The fourth-order valence-corrected chi connectivity index (χ4v) is 4.42. The zero-order chi connectivity index (χ0) is 16.9. The van der Waals surface area contributed by atoms with Crippen molar-refractivity contribution in [3.05, 3.63) is 24.3 Å². The average Bonchev–Trinajstić information content (AvgIpc) is 2.86. The highest BCUT2D eigenvalue weighted by molar-refractivity contribution is 7.91. The van der Waals surface area contributed by atoms with E-state index in [-0.39, 0.29) is 23.5 Å². The maximum Gasteiger partial charge on any atom is 0.223 e. The third-order valence-electron chi connectivity index (χ3n) is 4.00. The Morgan fingerprint density at radius 3 is 2.52 bits per heavy atom. The molecule has 1 unspecified atom stereocenters. The van der Waals surface area contributed by atoms with Gasteiger partial charge in [0.05, 0.1) is 11.5 Å². The Kier molecular flexibility index (Phi) is 6.06. The van der Waals surface area contributed by atoms with Crippen LogP contribution in [0.4, 0.5) is 0 Å². The van der Waals surface area contributed by atoms with Crippen LogP contribution in [0.25, 0.3) is 0 Å². The Bertz CT molecular complexity index is 619. The Balaban J connectivity index is 1.99. The number of hydrogen-bond acceptors (Lipinski definition) is 6. The van der Waals surface area contributed by atoms with Crippen LogP contribution in [-0.2, 0) is 21.1 Å². The van der Waals surface area contributed by atoms with Gasteiger partial charge in [0.25, 0.3) is 0 Å². The van der Waals surface area contributed by atoms with Crippen molar-refractivity contribution >= 4 is 15.7 Å². The molecule has 2 heterocycles. The standard InChI is InChI=1S/C15H24N4O3S/c1-18(2)6-7-19(14-5-8-23(21,22)11-14)15(20)4-3-13-9-16-12-17-10-13/h9-10,12,14H,3-8,11H2,1-2H3. The van der Waals surface area contributed by atoms with Crippen molar-refractivity contribution in [2.45, 2.75) is 25.3 Å². The summed E-state index contributed by atoms with van der Waals surface area (Å²) in [4.78, 5) is 24.2. The monoisotopic (exact) mass is 340 g/mol. The molecule has 0 radical (unpaired) electrons. The van der Waals surface area contributed by atoms with Crippen molar-refractivity contribution in [2.24, 2.45) is 0 Å². The molecule has 1 atom stereocenters. The van der Waals surface area contributed by atoms with Crippen molar-refractivity contribution < 1.29 is 13.2 Å². The summed E-state index contributed by atoms with van der Waals surface area (Å²) in [6, 6.07) is -0.195. The van der Waals surface area contributed by atoms with Crippen LogP contribution in [0, 0.1) is 0 Å². The van der Waals surface area contributed by atoms with E-state index in [4.69, 9.17) is 0 Å². The molecule has 8 heteroatoms. The number of amides is 1. The minimum Gasteiger partial charge on any atom is -0.337 e. The van der Waals surface area contributed by atoms with Crippen molar-refractivity contribution in [3.63, 3.8) is 0 Å². The lowest BCUT2D eigenvalue weighted by Gasteiger charge is -2.29. The minimum absolute atomic E-state index is 0.00203. The zero-order valence-corrected chi connectivity index (χ0v) is 14.5. The second-order valence-corrected chi connectivity index (χ2v) is 8.42. The van der Waals surface area contributed by atoms with Gasteiger partial charge >= 0.3 is 0 Å². The molecular formula is C15H24N4O3S. The van der Waals surface area contributed by atoms with Gasteiger partial charge in [-0.25, -0.2) is 18.4 Å². The molecular weight excluding hydrogens is 316 g/mol. The summed E-state index contributed by atoms with van der Waals surface area (Å²) in [6.07, 6.45) is 6.30. The van der Waals surface area contributed by atoms with E-state index >= 15 is 0 Å². The molecule has 1 aliphatic rings. The van der Waals surface area contributed by atoms with Crippen LogP contribution in [0.2, 0.25) is 0 Å². The molecule has 1 fully saturated rings. The Morgan fingerprint density at radius 1 is 1.26 bits per heavy atom. The molecule has 0 aromatic carbocycles. The fourth-order valence-electron chi connectivity index (χ4n) is 2.69. The number of carbonyl (C=O) groups excluding carboxylic acids is 1. The number of likely N-dealkylation sites (N-methyl/N-ethyl adjacent to an activating group) is 1. The van der Waals surface area contributed by atoms with Gasteiger partial charge in [0.2, 0.25) is 5.91 Å². The number of sulfone groups is 1. The van der Waals surface area contributed by atoms with Gasteiger partial charge in [-0.05, 0) is 32.5 Å². The molecule has 0 spiro atoms. The van der Waals surface area contributed by atoms with Crippen LogP contribution in [-0.4, -0.2) is 78.8 Å². The van der Waals surface area contributed by atoms with Crippen molar-refractivity contribution in [1.29, 1.82) is 0 Å². The van der Waals surface area contributed by atoms with E-state index < -0.39 is 9.84 Å². The van der Waals surface area contributed by atoms with Gasteiger partial charge in [-0.15, -0.1) is 0 Å². The van der Waals surface area contributed by atoms with Crippen molar-refractivity contribution in [3.8, 4) is 0 Å². The predicted octanol–water partition coefficient (Wildman–Crippen LogP) is -0.0135. The summed E-state index contributed by atoms with van der Waals surface area (Å²) in [5, 5.41) is 0. The van der Waals surface area contributed by atoms with E-state index in [2.05, 4.69) is 9.97 Å². The SMILES string of the molecule is CN(C)CCN(C(=O)CCc1cncnc1)C1CCS(=O)(=O)C1. The zero-order valence-electron chi connectivity index (χ0n) is 13.7. The largest absolute Gasteiger partial charge is 0.337 e. The number of rotatable bonds is 7. The maximum atomic E-state index is 12.6. The first-order valence-electron chi connectivity index (χ1n) is 7.76. The average molecular weight is 340 g/mol. The lowest BCUT2D eigenvalue weighted by molar-refractivity contribution is -0.133. The molecule has 0 bridgehead atoms. The molecule has 1 saturated heterocycles. The van der Waals surface area contributed by atoms with Crippen LogP contribution in [0.5, 0.6) is 0 Å². The molecule has 1 amide bonds. The molecule has 1 aromatic heterocycles. The van der Waals surface area contributed by atoms with Crippen molar-refractivity contribution in [1.82, 2.24) is 19.8 Å². The smallest absolute Gasteiger partial charge is 0.223 e. The summed E-state index contributed by atoms with van der Waals surface area (Å²) >= 11 is 0. The summed E-state index contributed by atoms with van der Waals surface area (Å²) in [7, 11) is 0.873. The van der Waals surface area contributed by atoms with E-state index in [9.17, 15) is 13.2 Å². The molecule has 0 N–H and O–H groups in total. The van der Waals surface area contributed by atoms with Crippen LogP contribution >= 0.6 is 0 Å². The van der Waals surface area contributed by atoms with Gasteiger partial charge in [0.1, 0.15) is 6.33 Å². The van der Waals surface area contributed by atoms with Gasteiger partial charge in [0.15, 0.2) is 9.84 Å². The van der Waals surface area contributed by atoms with E-state index in [0.29, 0.717) is 25.8 Å². The highest BCUT2D eigenvalue weighted by Gasteiger charge is 2.34. The van der Waals surface area contributed by atoms with Gasteiger partial charge < -0.3 is 9.80 Å². The lowest BCUT2D eigenvalue weighted by Crippen LogP contribution is -2.44. The van der Waals surface area contributed by atoms with Crippen LogP contribution in [0.3, 0.4) is 0 Å². The third kappa shape index (κ3) is 5.54. The van der Waals surface area contributed by atoms with Crippen LogP contribution < -0.4 is 0 Å². The Morgan fingerprint density at radius 2 is 1.96 bits per heavy atom. The van der Waals surface area contributed by atoms with Gasteiger partial charge in [-0.3, -0.25) is 4.79 Å². The summed E-state index contributed by atoms with van der Waals surface area (Å²) in [5.41, 5.74) is 0.910. The molecule has 0 aliphatic carbocycles. The maximum absolute atomic E-state index is 12.6. The first-order chi connectivity index (χ1) is 10.9. The molecule has 2 rings (SSSR count). The van der Waals surface area contributed by atoms with Gasteiger partial charge in [-0.2, -0.15) is 0 Å². The molecule has 23 heavy (non-hydrogen) atoms. The quantitative estimate of drug-likeness (QED) is 0.694. The Hall–Kier alpha value is -1.54. The second kappa shape index (κ2) is 7.83. The topological polar surface area (TPSA) is 83.5 Å². The van der Waals surface area contributed by atoms with Crippen LogP contribution in [0.15, 0.2) is 18.7 Å². The third-order valence-corrected chi connectivity index (χ3v) is 5.75. The fraction of sp³-hybridized carbons (Fsp3) is 0.667. The number of nitrogens with zero attached hydrogens (tertiary/aromatic N) is 4. The number of aromatic nitrogens is 2. The minimum atomic E-state index is -3.01. The first-order valence-corrected chi connectivity index (χ1v) is 9.58. The predicted molar refractivity (Wildman–Crippen MR) is 87.7 cm³/mol. The first kappa shape index (κ1) is 17.8. The summed E-state index contributed by atoms with van der Waals surface area (Å²) < 4.78 is 23.4. The summed E-state index contributed by atoms with van der Waals surface area (Å²) in [5.74, 6) is 0.258. The second-order valence-electron chi connectivity index (χ2n) is 6.19. The molecule has 7 nitrogen and oxygen atoms in total. The van der Waals surface area contributed by atoms with E-state index in [0.717, 1.165) is 12.1 Å². The number of carbonyl (C=O) groups is 1. The molecule has 128 valence electrons. The molecule has 0 saturated carbocycles. The van der Waals surface area contributed by atoms with E-state index in [1.807, 2.05) is 19.0 Å².